The van der Waals surface area contributed by atoms with E-state index < -0.39 is 10.0 Å². The number of hydrogen-bond acceptors (Lipinski definition) is 2. The second-order valence-corrected chi connectivity index (χ2v) is 10.3. The third kappa shape index (κ3) is 4.54. The van der Waals surface area contributed by atoms with Gasteiger partial charge in [0.05, 0.1) is 4.90 Å². The van der Waals surface area contributed by atoms with Crippen LogP contribution in [-0.2, 0) is 10.0 Å². The van der Waals surface area contributed by atoms with Crippen LogP contribution < -0.4 is 4.72 Å². The first kappa shape index (κ1) is 17.0. The molecule has 0 radical (unpaired) electrons. The third-order valence-electron chi connectivity index (χ3n) is 3.98. The first-order valence-corrected chi connectivity index (χ1v) is 9.55. The average Bonchev–Trinajstić information content (AvgIpc) is 2.23. The largest absolute Gasteiger partial charge is 0.240 e. The van der Waals surface area contributed by atoms with Gasteiger partial charge in [0, 0.05) is 10.5 Å². The molecule has 1 fully saturated rings. The summed E-state index contributed by atoms with van der Waals surface area (Å²) >= 11 is 3.32. The van der Waals surface area contributed by atoms with Gasteiger partial charge in [-0.2, -0.15) is 0 Å². The van der Waals surface area contributed by atoms with Crippen molar-refractivity contribution in [3.8, 4) is 0 Å². The van der Waals surface area contributed by atoms with E-state index >= 15 is 0 Å². The number of hydrogen-bond donors (Lipinski definition) is 1. The van der Waals surface area contributed by atoms with E-state index in [0.29, 0.717) is 4.90 Å². The highest BCUT2D eigenvalue weighted by atomic mass is 79.9. The maximum atomic E-state index is 12.5. The highest BCUT2D eigenvalue weighted by molar-refractivity contribution is 9.10. The normalized spacial score (nSPS) is 22.1. The van der Waals surface area contributed by atoms with Gasteiger partial charge in [0.25, 0.3) is 0 Å². The fourth-order valence-corrected chi connectivity index (χ4v) is 5.68. The van der Waals surface area contributed by atoms with Crippen LogP contribution in [0.3, 0.4) is 0 Å². The van der Waals surface area contributed by atoms with Crippen molar-refractivity contribution < 1.29 is 8.42 Å². The van der Waals surface area contributed by atoms with E-state index in [4.69, 9.17) is 0 Å². The highest BCUT2D eigenvalue weighted by Gasteiger charge is 2.39. The summed E-state index contributed by atoms with van der Waals surface area (Å²) in [6.07, 6.45) is 2.88. The summed E-state index contributed by atoms with van der Waals surface area (Å²) in [6.45, 7) is 8.87. The molecule has 1 saturated carbocycles. The van der Waals surface area contributed by atoms with Crippen molar-refractivity contribution in [3.63, 3.8) is 0 Å². The lowest BCUT2D eigenvalue weighted by molar-refractivity contribution is 0.0934. The second kappa shape index (κ2) is 5.67. The molecule has 0 amide bonds. The fourth-order valence-electron chi connectivity index (χ4n) is 3.85. The van der Waals surface area contributed by atoms with Crippen molar-refractivity contribution in [2.45, 2.75) is 57.9 Å². The van der Waals surface area contributed by atoms with Gasteiger partial charge in [-0.15, -0.1) is 0 Å². The summed E-state index contributed by atoms with van der Waals surface area (Å²) < 4.78 is 28.8. The summed E-state index contributed by atoms with van der Waals surface area (Å²) in [4.78, 5) is 0.318. The van der Waals surface area contributed by atoms with E-state index in [1.807, 2.05) is 6.07 Å². The minimum Gasteiger partial charge on any atom is -0.208 e. The molecule has 5 heteroatoms. The summed E-state index contributed by atoms with van der Waals surface area (Å²) in [5, 5.41) is 0. The van der Waals surface area contributed by atoms with E-state index in [-0.39, 0.29) is 16.9 Å². The lowest BCUT2D eigenvalue weighted by Crippen LogP contribution is -2.45. The molecule has 0 aliphatic heterocycles. The van der Waals surface area contributed by atoms with Gasteiger partial charge < -0.3 is 0 Å². The molecule has 0 saturated heterocycles. The predicted molar refractivity (Wildman–Crippen MR) is 89.7 cm³/mol. The standard InChI is InChI=1S/C16H24BrNO2S/c1-15(2)9-13(10-16(3,4)11-15)18-21(19,20)14-7-5-6-12(17)8-14/h5-8,13,18H,9-11H2,1-4H3. The van der Waals surface area contributed by atoms with Crippen molar-refractivity contribution >= 4 is 26.0 Å². The van der Waals surface area contributed by atoms with Crippen LogP contribution in [0.25, 0.3) is 0 Å². The molecule has 0 bridgehead atoms. The Hall–Kier alpha value is -0.390. The molecule has 1 N–H and O–H groups in total. The van der Waals surface area contributed by atoms with Crippen molar-refractivity contribution in [2.75, 3.05) is 0 Å². The fraction of sp³-hybridized carbons (Fsp3) is 0.625. The Balaban J connectivity index is 2.20. The molecule has 0 unspecified atom stereocenters. The molecule has 1 aromatic carbocycles. The van der Waals surface area contributed by atoms with Crippen LogP contribution in [0.2, 0.25) is 0 Å². The van der Waals surface area contributed by atoms with E-state index in [2.05, 4.69) is 48.3 Å². The highest BCUT2D eigenvalue weighted by Crippen LogP contribution is 2.45. The van der Waals surface area contributed by atoms with Crippen LogP contribution in [0.15, 0.2) is 33.6 Å². The molecular formula is C16H24BrNO2S. The Kier molecular flexibility index (Phi) is 4.58. The van der Waals surface area contributed by atoms with Crippen molar-refractivity contribution in [3.05, 3.63) is 28.7 Å². The van der Waals surface area contributed by atoms with Gasteiger partial charge in [-0.25, -0.2) is 13.1 Å². The lowest BCUT2D eigenvalue weighted by Gasteiger charge is -2.45. The molecule has 2 rings (SSSR count). The van der Waals surface area contributed by atoms with Gasteiger partial charge in [-0.3, -0.25) is 0 Å². The van der Waals surface area contributed by atoms with Crippen molar-refractivity contribution in [1.82, 2.24) is 4.72 Å². The molecule has 0 aromatic heterocycles. The average molecular weight is 374 g/mol. The van der Waals surface area contributed by atoms with Crippen LogP contribution in [-0.4, -0.2) is 14.5 Å². The van der Waals surface area contributed by atoms with Gasteiger partial charge in [-0.1, -0.05) is 49.7 Å². The molecule has 1 aliphatic carbocycles. The SMILES string of the molecule is CC1(C)CC(NS(=O)(=O)c2cccc(Br)c2)CC(C)(C)C1. The molecule has 0 atom stereocenters. The lowest BCUT2D eigenvalue weighted by atomic mass is 9.64. The summed E-state index contributed by atoms with van der Waals surface area (Å²) in [5.41, 5.74) is 0.318. The molecule has 21 heavy (non-hydrogen) atoms. The number of rotatable bonds is 3. The smallest absolute Gasteiger partial charge is 0.208 e. The Labute approximate surface area is 136 Å². The number of benzene rings is 1. The number of sulfonamides is 1. The molecule has 118 valence electrons. The molecule has 1 aliphatic rings. The third-order valence-corrected chi connectivity index (χ3v) is 5.99. The van der Waals surface area contributed by atoms with Gasteiger partial charge in [0.15, 0.2) is 0 Å². The Morgan fingerprint density at radius 2 is 1.71 bits per heavy atom. The monoisotopic (exact) mass is 373 g/mol. The van der Waals surface area contributed by atoms with Crippen LogP contribution in [0.5, 0.6) is 0 Å². The maximum absolute atomic E-state index is 12.5. The first-order chi connectivity index (χ1) is 9.49. The van der Waals surface area contributed by atoms with Crippen LogP contribution in [0, 0.1) is 10.8 Å². The van der Waals surface area contributed by atoms with Crippen molar-refractivity contribution in [1.29, 1.82) is 0 Å². The van der Waals surface area contributed by atoms with Gasteiger partial charge in [-0.05, 0) is 48.3 Å². The second-order valence-electron chi connectivity index (χ2n) is 7.69. The number of nitrogens with one attached hydrogen (secondary N) is 1. The van der Waals surface area contributed by atoms with Gasteiger partial charge >= 0.3 is 0 Å². The Morgan fingerprint density at radius 1 is 1.14 bits per heavy atom. The van der Waals surface area contributed by atoms with E-state index in [0.717, 1.165) is 23.7 Å². The van der Waals surface area contributed by atoms with E-state index in [9.17, 15) is 8.42 Å². The quantitative estimate of drug-likeness (QED) is 0.856. The molecule has 0 spiro atoms. The number of halogens is 1. The molecule has 3 nitrogen and oxygen atoms in total. The van der Waals surface area contributed by atoms with Crippen LogP contribution in [0.1, 0.15) is 47.0 Å². The minimum absolute atomic E-state index is 0.00673. The van der Waals surface area contributed by atoms with Crippen LogP contribution >= 0.6 is 15.9 Å². The van der Waals surface area contributed by atoms with E-state index in [1.165, 1.54) is 0 Å². The summed E-state index contributed by atoms with van der Waals surface area (Å²) in [5.74, 6) is 0. The molecule has 1 aromatic rings. The molecular weight excluding hydrogens is 350 g/mol. The zero-order chi connectivity index (χ0) is 15.9. The minimum atomic E-state index is -3.46. The van der Waals surface area contributed by atoms with E-state index in [1.54, 1.807) is 18.2 Å². The van der Waals surface area contributed by atoms with Crippen LogP contribution in [0.4, 0.5) is 0 Å². The van der Waals surface area contributed by atoms with Crippen molar-refractivity contribution in [2.24, 2.45) is 10.8 Å². The van der Waals surface area contributed by atoms with Gasteiger partial charge in [0.1, 0.15) is 0 Å². The van der Waals surface area contributed by atoms with Gasteiger partial charge in [0.2, 0.25) is 10.0 Å². The summed E-state index contributed by atoms with van der Waals surface area (Å²) in [7, 11) is -3.46. The summed E-state index contributed by atoms with van der Waals surface area (Å²) in [6, 6.07) is 6.83. The zero-order valence-corrected chi connectivity index (χ0v) is 15.5. The first-order valence-electron chi connectivity index (χ1n) is 7.27. The topological polar surface area (TPSA) is 46.2 Å². The molecule has 0 heterocycles. The Bertz CT molecular complexity index is 607. The Morgan fingerprint density at radius 3 is 2.24 bits per heavy atom. The zero-order valence-electron chi connectivity index (χ0n) is 13.1. The maximum Gasteiger partial charge on any atom is 0.240 e. The predicted octanol–water partition coefficient (Wildman–Crippen LogP) is 4.33.